The molecule has 17 heavy (non-hydrogen) atoms. The molecule has 0 saturated heterocycles. The van der Waals surface area contributed by atoms with Gasteiger partial charge in [-0.05, 0) is 24.3 Å². The van der Waals surface area contributed by atoms with E-state index in [0.717, 1.165) is 9.04 Å². The van der Waals surface area contributed by atoms with Gasteiger partial charge in [0.1, 0.15) is 12.4 Å². The first kappa shape index (κ1) is 12.0. The van der Waals surface area contributed by atoms with E-state index in [-0.39, 0.29) is 12.4 Å². The molecule has 0 fully saturated rings. The second-order valence-corrected chi connectivity index (χ2v) is 4.19. The van der Waals surface area contributed by atoms with E-state index in [1.54, 1.807) is 12.1 Å². The van der Waals surface area contributed by atoms with Crippen molar-refractivity contribution in [3.8, 4) is 5.75 Å². The number of aromatic nitrogens is 2. The van der Waals surface area contributed by atoms with Crippen LogP contribution in [0.1, 0.15) is 12.4 Å². The molecule has 0 aliphatic rings. The van der Waals surface area contributed by atoms with Gasteiger partial charge in [0.25, 0.3) is 0 Å². The Balaban J connectivity index is 2.02. The normalized spacial score (nSPS) is 10.8. The summed E-state index contributed by atoms with van der Waals surface area (Å²) in [5.41, 5.74) is 0. The van der Waals surface area contributed by atoms with Gasteiger partial charge in [0.15, 0.2) is 5.82 Å². The van der Waals surface area contributed by atoms with E-state index < -0.39 is 6.55 Å². The number of nitrogens with zero attached hydrogens (tertiary/aromatic N) is 2. The van der Waals surface area contributed by atoms with Gasteiger partial charge in [-0.2, -0.15) is 8.78 Å². The zero-order chi connectivity index (χ0) is 12.3. The summed E-state index contributed by atoms with van der Waals surface area (Å²) in [4.78, 5) is 3.82. The van der Waals surface area contributed by atoms with E-state index in [1.807, 2.05) is 12.1 Å². The molecular weight excluding hydrogens is 294 g/mol. The van der Waals surface area contributed by atoms with E-state index in [9.17, 15) is 8.78 Å². The van der Waals surface area contributed by atoms with Gasteiger partial charge in [0, 0.05) is 16.9 Å². The van der Waals surface area contributed by atoms with Crippen LogP contribution in [-0.4, -0.2) is 9.55 Å². The zero-order valence-electron chi connectivity index (χ0n) is 8.69. The quantitative estimate of drug-likeness (QED) is 0.862. The van der Waals surface area contributed by atoms with Gasteiger partial charge in [0.05, 0.1) is 0 Å². The molecule has 0 amide bonds. The lowest BCUT2D eigenvalue weighted by atomic mass is 10.3. The fourth-order valence-electron chi connectivity index (χ4n) is 1.31. The third-order valence-electron chi connectivity index (χ3n) is 2.14. The Bertz CT molecular complexity index is 484. The van der Waals surface area contributed by atoms with Gasteiger partial charge in [-0.15, -0.1) is 0 Å². The number of rotatable bonds is 4. The van der Waals surface area contributed by atoms with Crippen LogP contribution in [0.25, 0.3) is 0 Å². The average Bonchev–Trinajstić information content (AvgIpc) is 2.76. The number of hydrogen-bond donors (Lipinski definition) is 0. The Morgan fingerprint density at radius 3 is 2.65 bits per heavy atom. The molecule has 0 saturated carbocycles. The van der Waals surface area contributed by atoms with Crippen LogP contribution in [0.2, 0.25) is 0 Å². The molecule has 0 unspecified atom stereocenters. The summed E-state index contributed by atoms with van der Waals surface area (Å²) < 4.78 is 32.1. The standard InChI is InChI=1S/C11H9BrF2N2O/c12-8-1-3-9(4-2-8)17-7-10-15-5-6-16(10)11(13)14/h1-6,11H,7H2. The highest BCUT2D eigenvalue weighted by molar-refractivity contribution is 9.10. The van der Waals surface area contributed by atoms with Gasteiger partial charge in [-0.1, -0.05) is 15.9 Å². The fraction of sp³-hybridized carbons (Fsp3) is 0.182. The van der Waals surface area contributed by atoms with Crippen molar-refractivity contribution >= 4 is 15.9 Å². The third-order valence-corrected chi connectivity index (χ3v) is 2.67. The number of benzene rings is 1. The first-order chi connectivity index (χ1) is 8.16. The van der Waals surface area contributed by atoms with Crippen LogP contribution in [0.3, 0.4) is 0 Å². The molecule has 0 spiro atoms. The van der Waals surface area contributed by atoms with Crippen molar-refractivity contribution in [2.75, 3.05) is 0 Å². The van der Waals surface area contributed by atoms with Gasteiger partial charge in [0.2, 0.25) is 0 Å². The van der Waals surface area contributed by atoms with E-state index in [1.165, 1.54) is 12.4 Å². The van der Waals surface area contributed by atoms with Crippen molar-refractivity contribution < 1.29 is 13.5 Å². The smallest absolute Gasteiger partial charge is 0.320 e. The first-order valence-electron chi connectivity index (χ1n) is 4.85. The minimum atomic E-state index is -2.60. The molecule has 0 bridgehead atoms. The van der Waals surface area contributed by atoms with Crippen molar-refractivity contribution in [2.45, 2.75) is 13.2 Å². The molecule has 1 aromatic heterocycles. The Morgan fingerprint density at radius 2 is 2.00 bits per heavy atom. The van der Waals surface area contributed by atoms with Gasteiger partial charge in [-0.25, -0.2) is 4.98 Å². The van der Waals surface area contributed by atoms with Crippen LogP contribution in [0.15, 0.2) is 41.1 Å². The van der Waals surface area contributed by atoms with Crippen LogP contribution in [0.4, 0.5) is 8.78 Å². The maximum Gasteiger partial charge on any atom is 0.320 e. The second kappa shape index (κ2) is 5.27. The Morgan fingerprint density at radius 1 is 1.29 bits per heavy atom. The Kier molecular flexibility index (Phi) is 3.73. The maximum atomic E-state index is 12.5. The zero-order valence-corrected chi connectivity index (χ0v) is 10.3. The summed E-state index contributed by atoms with van der Waals surface area (Å²) in [7, 11) is 0. The highest BCUT2D eigenvalue weighted by atomic mass is 79.9. The van der Waals surface area contributed by atoms with E-state index in [4.69, 9.17) is 4.74 Å². The monoisotopic (exact) mass is 302 g/mol. The third kappa shape index (κ3) is 3.03. The maximum absolute atomic E-state index is 12.5. The van der Waals surface area contributed by atoms with Crippen molar-refractivity contribution in [3.05, 3.63) is 47.0 Å². The topological polar surface area (TPSA) is 27.1 Å². The Hall–Kier alpha value is -1.43. The molecule has 1 heterocycles. The molecule has 0 atom stereocenters. The number of alkyl halides is 2. The number of ether oxygens (including phenoxy) is 1. The molecule has 2 aromatic rings. The van der Waals surface area contributed by atoms with Crippen LogP contribution < -0.4 is 4.74 Å². The van der Waals surface area contributed by atoms with Crippen LogP contribution >= 0.6 is 15.9 Å². The van der Waals surface area contributed by atoms with Crippen LogP contribution in [0, 0.1) is 0 Å². The van der Waals surface area contributed by atoms with E-state index >= 15 is 0 Å². The van der Waals surface area contributed by atoms with Crippen molar-refractivity contribution in [2.24, 2.45) is 0 Å². The van der Waals surface area contributed by atoms with Crippen molar-refractivity contribution in [3.63, 3.8) is 0 Å². The summed E-state index contributed by atoms with van der Waals surface area (Å²) in [6.45, 7) is -2.58. The number of hydrogen-bond acceptors (Lipinski definition) is 2. The first-order valence-corrected chi connectivity index (χ1v) is 5.64. The predicted molar refractivity (Wildman–Crippen MR) is 62.0 cm³/mol. The molecule has 0 aliphatic heterocycles. The van der Waals surface area contributed by atoms with Gasteiger partial charge < -0.3 is 4.74 Å². The fourth-order valence-corrected chi connectivity index (χ4v) is 1.58. The molecule has 0 aliphatic carbocycles. The van der Waals surface area contributed by atoms with Crippen molar-refractivity contribution in [1.82, 2.24) is 9.55 Å². The second-order valence-electron chi connectivity index (χ2n) is 3.27. The molecule has 6 heteroatoms. The SMILES string of the molecule is FC(F)n1ccnc1COc1ccc(Br)cc1. The molecule has 0 N–H and O–H groups in total. The summed E-state index contributed by atoms with van der Waals surface area (Å²) in [5.74, 6) is 0.805. The van der Waals surface area contributed by atoms with Gasteiger partial charge >= 0.3 is 6.55 Å². The Labute approximate surface area is 105 Å². The van der Waals surface area contributed by atoms with Crippen molar-refractivity contribution in [1.29, 1.82) is 0 Å². The van der Waals surface area contributed by atoms with Gasteiger partial charge in [-0.3, -0.25) is 4.57 Å². The van der Waals surface area contributed by atoms with Crippen LogP contribution in [0.5, 0.6) is 5.75 Å². The van der Waals surface area contributed by atoms with E-state index in [2.05, 4.69) is 20.9 Å². The summed E-state index contributed by atoms with van der Waals surface area (Å²) >= 11 is 3.29. The molecule has 2 rings (SSSR count). The van der Waals surface area contributed by atoms with Crippen LogP contribution in [-0.2, 0) is 6.61 Å². The highest BCUT2D eigenvalue weighted by Gasteiger charge is 2.11. The molecule has 3 nitrogen and oxygen atoms in total. The summed E-state index contributed by atoms with van der Waals surface area (Å²) in [6.07, 6.45) is 2.55. The highest BCUT2D eigenvalue weighted by Crippen LogP contribution is 2.18. The largest absolute Gasteiger partial charge is 0.486 e. The minimum Gasteiger partial charge on any atom is -0.486 e. The van der Waals surface area contributed by atoms with E-state index in [0.29, 0.717) is 5.75 Å². The molecular formula is C11H9BrF2N2O. The molecule has 1 aromatic carbocycles. The molecule has 90 valence electrons. The number of halogens is 3. The molecule has 0 radical (unpaired) electrons. The summed E-state index contributed by atoms with van der Waals surface area (Å²) in [5, 5.41) is 0. The lowest BCUT2D eigenvalue weighted by Gasteiger charge is -2.08. The lowest BCUT2D eigenvalue weighted by Crippen LogP contribution is -2.07. The predicted octanol–water partition coefficient (Wildman–Crippen LogP) is 3.62. The minimum absolute atomic E-state index is 0.0129. The summed E-state index contributed by atoms with van der Waals surface area (Å²) in [6, 6.07) is 7.13. The lowest BCUT2D eigenvalue weighted by molar-refractivity contribution is 0.0632. The average molecular weight is 303 g/mol. The number of imidazole rings is 1.